The van der Waals surface area contributed by atoms with Crippen LogP contribution < -0.4 is 14.8 Å². The highest BCUT2D eigenvalue weighted by molar-refractivity contribution is 7.89. The van der Waals surface area contributed by atoms with Gasteiger partial charge < -0.3 is 19.7 Å². The minimum atomic E-state index is -3.55. The number of nitrogens with zero attached hydrogens (tertiary/aromatic N) is 2. The van der Waals surface area contributed by atoms with Crippen LogP contribution in [0.1, 0.15) is 12.5 Å². The molecular formula is C21H27N3O5S. The highest BCUT2D eigenvalue weighted by atomic mass is 32.2. The van der Waals surface area contributed by atoms with Crippen molar-refractivity contribution < 1.29 is 22.7 Å². The Morgan fingerprint density at radius 1 is 0.933 bits per heavy atom. The molecular weight excluding hydrogens is 406 g/mol. The highest BCUT2D eigenvalue weighted by Gasteiger charge is 2.30. The van der Waals surface area contributed by atoms with E-state index in [0.29, 0.717) is 25.4 Å². The molecule has 1 N–H and O–H groups in total. The van der Waals surface area contributed by atoms with Crippen LogP contribution in [0.25, 0.3) is 0 Å². The lowest BCUT2D eigenvalue weighted by Gasteiger charge is -2.33. The van der Waals surface area contributed by atoms with Crippen LogP contribution in [0, 0.1) is 6.92 Å². The summed E-state index contributed by atoms with van der Waals surface area (Å²) in [6.07, 6.45) is 0. The minimum absolute atomic E-state index is 0.0225. The molecule has 0 unspecified atom stereocenters. The zero-order valence-corrected chi connectivity index (χ0v) is 18.0. The standard InChI is InChI=1S/C21H27N3O5S/c1-3-28-18-6-8-19(9-7-18)29-16-22-21(25)23-12-14-24(15-13-23)30(26,27)20-10-4-17(2)5-11-20/h4-11H,3,12-16H2,1-2H3,(H,22,25). The number of ether oxygens (including phenoxy) is 2. The van der Waals surface area contributed by atoms with Gasteiger partial charge >= 0.3 is 6.03 Å². The summed E-state index contributed by atoms with van der Waals surface area (Å²) in [6, 6.07) is 13.6. The number of piperazine rings is 1. The van der Waals surface area contributed by atoms with Crippen molar-refractivity contribution in [1.29, 1.82) is 0 Å². The summed E-state index contributed by atoms with van der Waals surface area (Å²) in [7, 11) is -3.55. The summed E-state index contributed by atoms with van der Waals surface area (Å²) in [5.74, 6) is 1.38. The second-order valence-electron chi connectivity index (χ2n) is 6.88. The molecule has 8 nitrogen and oxygen atoms in total. The quantitative estimate of drug-likeness (QED) is 0.678. The van der Waals surface area contributed by atoms with Crippen molar-refractivity contribution >= 4 is 16.1 Å². The monoisotopic (exact) mass is 433 g/mol. The molecule has 3 rings (SSSR count). The summed E-state index contributed by atoms with van der Waals surface area (Å²) in [4.78, 5) is 14.2. The van der Waals surface area contributed by atoms with Gasteiger partial charge in [-0.05, 0) is 50.2 Å². The molecule has 0 aliphatic carbocycles. The molecule has 0 spiro atoms. The molecule has 1 saturated heterocycles. The van der Waals surface area contributed by atoms with Gasteiger partial charge in [-0.3, -0.25) is 0 Å². The molecule has 1 fully saturated rings. The Morgan fingerprint density at radius 2 is 1.50 bits per heavy atom. The summed E-state index contributed by atoms with van der Waals surface area (Å²) < 4.78 is 37.8. The molecule has 2 amide bonds. The van der Waals surface area contributed by atoms with E-state index < -0.39 is 10.0 Å². The van der Waals surface area contributed by atoms with Gasteiger partial charge in [0, 0.05) is 26.2 Å². The average molecular weight is 434 g/mol. The molecule has 2 aromatic carbocycles. The van der Waals surface area contributed by atoms with Crippen molar-refractivity contribution in [3.8, 4) is 11.5 Å². The van der Waals surface area contributed by atoms with Gasteiger partial charge in [0.2, 0.25) is 10.0 Å². The molecule has 1 aliphatic heterocycles. The SMILES string of the molecule is CCOc1ccc(OCNC(=O)N2CCN(S(=O)(=O)c3ccc(C)cc3)CC2)cc1. The first-order chi connectivity index (χ1) is 14.4. The Balaban J connectivity index is 1.45. The van der Waals surface area contributed by atoms with Crippen LogP contribution in [0.2, 0.25) is 0 Å². The predicted octanol–water partition coefficient (Wildman–Crippen LogP) is 2.45. The Kier molecular flexibility index (Phi) is 7.17. The van der Waals surface area contributed by atoms with Gasteiger partial charge in [-0.25, -0.2) is 13.2 Å². The van der Waals surface area contributed by atoms with Gasteiger partial charge in [-0.1, -0.05) is 17.7 Å². The van der Waals surface area contributed by atoms with Gasteiger partial charge in [0.15, 0.2) is 6.73 Å². The van der Waals surface area contributed by atoms with Crippen LogP contribution in [0.15, 0.2) is 53.4 Å². The maximum absolute atomic E-state index is 12.7. The Bertz CT molecular complexity index is 938. The van der Waals surface area contributed by atoms with Crippen molar-refractivity contribution in [3.63, 3.8) is 0 Å². The topological polar surface area (TPSA) is 88.2 Å². The van der Waals surface area contributed by atoms with E-state index in [0.717, 1.165) is 11.3 Å². The number of hydrogen-bond donors (Lipinski definition) is 1. The lowest BCUT2D eigenvalue weighted by atomic mass is 10.2. The third kappa shape index (κ3) is 5.43. The highest BCUT2D eigenvalue weighted by Crippen LogP contribution is 2.19. The number of rotatable bonds is 7. The zero-order chi connectivity index (χ0) is 21.6. The van der Waals surface area contributed by atoms with Gasteiger partial charge in [-0.2, -0.15) is 4.31 Å². The van der Waals surface area contributed by atoms with Crippen molar-refractivity contribution in [2.45, 2.75) is 18.7 Å². The average Bonchev–Trinajstić information content (AvgIpc) is 2.75. The third-order valence-electron chi connectivity index (χ3n) is 4.78. The van der Waals surface area contributed by atoms with Gasteiger partial charge in [0.1, 0.15) is 11.5 Å². The molecule has 0 saturated carbocycles. The normalized spacial score (nSPS) is 14.9. The Morgan fingerprint density at radius 3 is 2.07 bits per heavy atom. The molecule has 1 heterocycles. The maximum Gasteiger partial charge on any atom is 0.320 e. The molecule has 0 radical (unpaired) electrons. The van der Waals surface area contributed by atoms with E-state index in [2.05, 4.69) is 5.32 Å². The number of hydrogen-bond acceptors (Lipinski definition) is 5. The van der Waals surface area contributed by atoms with Crippen LogP contribution >= 0.6 is 0 Å². The molecule has 0 aromatic heterocycles. The largest absolute Gasteiger partial charge is 0.494 e. The molecule has 2 aromatic rings. The number of carbonyl (C=O) groups is 1. The molecule has 0 atom stereocenters. The number of aryl methyl sites for hydroxylation is 1. The molecule has 9 heteroatoms. The van der Waals surface area contributed by atoms with Crippen molar-refractivity contribution in [2.24, 2.45) is 0 Å². The Hall–Kier alpha value is -2.78. The van der Waals surface area contributed by atoms with E-state index in [4.69, 9.17) is 9.47 Å². The first-order valence-electron chi connectivity index (χ1n) is 9.85. The number of amides is 2. The number of sulfonamides is 1. The van der Waals surface area contributed by atoms with E-state index in [9.17, 15) is 13.2 Å². The van der Waals surface area contributed by atoms with Crippen LogP contribution in [-0.2, 0) is 10.0 Å². The molecule has 1 aliphatic rings. The lowest BCUT2D eigenvalue weighted by molar-refractivity contribution is 0.162. The van der Waals surface area contributed by atoms with Gasteiger partial charge in [0.05, 0.1) is 11.5 Å². The summed E-state index contributed by atoms with van der Waals surface area (Å²) in [6.45, 7) is 5.59. The maximum atomic E-state index is 12.7. The van der Waals surface area contributed by atoms with Gasteiger partial charge in [0.25, 0.3) is 0 Å². The number of urea groups is 1. The predicted molar refractivity (Wildman–Crippen MR) is 113 cm³/mol. The van der Waals surface area contributed by atoms with E-state index in [1.165, 1.54) is 4.31 Å². The number of benzene rings is 2. The van der Waals surface area contributed by atoms with Crippen molar-refractivity contribution in [3.05, 3.63) is 54.1 Å². The third-order valence-corrected chi connectivity index (χ3v) is 6.69. The van der Waals surface area contributed by atoms with Crippen molar-refractivity contribution in [1.82, 2.24) is 14.5 Å². The van der Waals surface area contributed by atoms with Crippen molar-refractivity contribution in [2.75, 3.05) is 39.5 Å². The second kappa shape index (κ2) is 9.82. The van der Waals surface area contributed by atoms with Crippen LogP contribution in [0.4, 0.5) is 4.79 Å². The zero-order valence-electron chi connectivity index (χ0n) is 17.2. The molecule has 162 valence electrons. The number of nitrogens with one attached hydrogen (secondary N) is 1. The summed E-state index contributed by atoms with van der Waals surface area (Å²) in [5, 5.41) is 2.70. The molecule has 0 bridgehead atoms. The second-order valence-corrected chi connectivity index (χ2v) is 8.82. The smallest absolute Gasteiger partial charge is 0.320 e. The molecule has 30 heavy (non-hydrogen) atoms. The Labute approximate surface area is 177 Å². The number of carbonyl (C=O) groups excluding carboxylic acids is 1. The van der Waals surface area contributed by atoms with Crippen LogP contribution in [0.5, 0.6) is 11.5 Å². The summed E-state index contributed by atoms with van der Waals surface area (Å²) >= 11 is 0. The minimum Gasteiger partial charge on any atom is -0.494 e. The van der Waals surface area contributed by atoms with E-state index in [1.54, 1.807) is 53.4 Å². The van der Waals surface area contributed by atoms with Crippen LogP contribution in [-0.4, -0.2) is 63.2 Å². The fourth-order valence-corrected chi connectivity index (χ4v) is 4.50. The fraction of sp³-hybridized carbons (Fsp3) is 0.381. The van der Waals surface area contributed by atoms with E-state index >= 15 is 0 Å². The fourth-order valence-electron chi connectivity index (χ4n) is 3.08. The lowest BCUT2D eigenvalue weighted by Crippen LogP contribution is -2.53. The van der Waals surface area contributed by atoms with E-state index in [1.807, 2.05) is 13.8 Å². The van der Waals surface area contributed by atoms with Crippen LogP contribution in [0.3, 0.4) is 0 Å². The summed E-state index contributed by atoms with van der Waals surface area (Å²) in [5.41, 5.74) is 1.00. The first-order valence-corrected chi connectivity index (χ1v) is 11.3. The van der Waals surface area contributed by atoms with E-state index in [-0.39, 0.29) is 30.7 Å². The first kappa shape index (κ1) is 21.9. The van der Waals surface area contributed by atoms with Gasteiger partial charge in [-0.15, -0.1) is 0 Å².